The number of imidazole rings is 1. The van der Waals surface area contributed by atoms with Gasteiger partial charge >= 0.3 is 5.97 Å². The number of hydrogen-bond acceptors (Lipinski definition) is 3. The monoisotopic (exact) mass is 223 g/mol. The Kier molecular flexibility index (Phi) is 2.71. The first-order valence-electron chi connectivity index (χ1n) is 5.56. The van der Waals surface area contributed by atoms with E-state index in [9.17, 15) is 9.90 Å². The van der Waals surface area contributed by atoms with Crippen molar-refractivity contribution in [3.05, 3.63) is 17.7 Å². The predicted molar refractivity (Wildman–Crippen MR) is 59.1 cm³/mol. The van der Waals surface area contributed by atoms with E-state index >= 15 is 0 Å². The van der Waals surface area contributed by atoms with Gasteiger partial charge in [0.1, 0.15) is 5.41 Å². The summed E-state index contributed by atoms with van der Waals surface area (Å²) in [7, 11) is 0. The van der Waals surface area contributed by atoms with E-state index in [1.807, 2.05) is 6.92 Å². The largest absolute Gasteiger partial charge is 0.481 e. The van der Waals surface area contributed by atoms with Gasteiger partial charge in [-0.1, -0.05) is 0 Å². The van der Waals surface area contributed by atoms with Crippen molar-refractivity contribution in [2.45, 2.75) is 44.1 Å². The highest BCUT2D eigenvalue weighted by Gasteiger charge is 2.45. The van der Waals surface area contributed by atoms with Crippen molar-refractivity contribution in [2.75, 3.05) is 0 Å². The molecular weight excluding hydrogens is 206 g/mol. The molecule has 1 fully saturated rings. The maximum Gasteiger partial charge on any atom is 0.315 e. The number of hydrogen-bond donors (Lipinski definition) is 3. The standard InChI is InChI=1S/C11H17N3O2/c1-7-9(14-6-13-7)11(10(15)16)4-2-8(12)3-5-11/h6,8H,2-5,12H2,1H3,(H,13,14)(H,15,16). The van der Waals surface area contributed by atoms with E-state index < -0.39 is 11.4 Å². The van der Waals surface area contributed by atoms with Crippen LogP contribution in [0, 0.1) is 6.92 Å². The Morgan fingerprint density at radius 1 is 1.62 bits per heavy atom. The Morgan fingerprint density at radius 2 is 2.25 bits per heavy atom. The van der Waals surface area contributed by atoms with Gasteiger partial charge in [-0.05, 0) is 32.6 Å². The Balaban J connectivity index is 2.37. The van der Waals surface area contributed by atoms with Crippen LogP contribution < -0.4 is 5.73 Å². The Morgan fingerprint density at radius 3 is 2.69 bits per heavy atom. The summed E-state index contributed by atoms with van der Waals surface area (Å²) in [6.07, 6.45) is 4.21. The molecule has 16 heavy (non-hydrogen) atoms. The summed E-state index contributed by atoms with van der Waals surface area (Å²) in [6.45, 7) is 1.86. The average molecular weight is 223 g/mol. The molecule has 0 radical (unpaired) electrons. The molecule has 0 bridgehead atoms. The molecule has 0 unspecified atom stereocenters. The third-order valence-electron chi connectivity index (χ3n) is 3.58. The fourth-order valence-electron chi connectivity index (χ4n) is 2.53. The minimum atomic E-state index is -0.833. The lowest BCUT2D eigenvalue weighted by Gasteiger charge is -2.34. The Labute approximate surface area is 94.1 Å². The van der Waals surface area contributed by atoms with Crippen LogP contribution in [0.4, 0.5) is 0 Å². The summed E-state index contributed by atoms with van der Waals surface area (Å²) < 4.78 is 0. The summed E-state index contributed by atoms with van der Waals surface area (Å²) >= 11 is 0. The fraction of sp³-hybridized carbons (Fsp3) is 0.636. The Bertz CT molecular complexity index is 392. The molecule has 0 spiro atoms. The number of nitrogens with two attached hydrogens (primary N) is 1. The highest BCUT2D eigenvalue weighted by atomic mass is 16.4. The molecule has 0 aliphatic heterocycles. The van der Waals surface area contributed by atoms with E-state index in [2.05, 4.69) is 9.97 Å². The molecule has 1 aliphatic rings. The molecule has 5 nitrogen and oxygen atoms in total. The number of carbonyl (C=O) groups is 1. The maximum atomic E-state index is 11.5. The van der Waals surface area contributed by atoms with Gasteiger partial charge in [0.15, 0.2) is 0 Å². The number of carboxylic acids is 1. The van der Waals surface area contributed by atoms with Gasteiger partial charge in [-0.3, -0.25) is 4.79 Å². The van der Waals surface area contributed by atoms with E-state index in [0.29, 0.717) is 18.5 Å². The smallest absolute Gasteiger partial charge is 0.315 e. The first-order chi connectivity index (χ1) is 7.56. The molecule has 1 aromatic rings. The zero-order chi connectivity index (χ0) is 11.8. The van der Waals surface area contributed by atoms with E-state index in [0.717, 1.165) is 18.5 Å². The van der Waals surface area contributed by atoms with Crippen LogP contribution in [0.25, 0.3) is 0 Å². The number of aryl methyl sites for hydroxylation is 1. The number of aromatic nitrogens is 2. The van der Waals surface area contributed by atoms with Crippen molar-refractivity contribution in [1.82, 2.24) is 9.97 Å². The highest BCUT2D eigenvalue weighted by molar-refractivity contribution is 5.81. The van der Waals surface area contributed by atoms with E-state index in [1.54, 1.807) is 6.33 Å². The molecule has 1 heterocycles. The van der Waals surface area contributed by atoms with E-state index in [-0.39, 0.29) is 6.04 Å². The second-order valence-corrected chi connectivity index (χ2v) is 4.60. The molecule has 0 aromatic carbocycles. The van der Waals surface area contributed by atoms with Gasteiger partial charge in [0.25, 0.3) is 0 Å². The average Bonchev–Trinajstić information content (AvgIpc) is 2.66. The van der Waals surface area contributed by atoms with Crippen molar-refractivity contribution in [2.24, 2.45) is 5.73 Å². The van der Waals surface area contributed by atoms with Crippen LogP contribution in [0.5, 0.6) is 0 Å². The van der Waals surface area contributed by atoms with Crippen molar-refractivity contribution in [3.63, 3.8) is 0 Å². The normalized spacial score (nSPS) is 30.2. The topological polar surface area (TPSA) is 92.0 Å². The second-order valence-electron chi connectivity index (χ2n) is 4.60. The number of nitrogens with one attached hydrogen (secondary N) is 1. The van der Waals surface area contributed by atoms with Crippen LogP contribution in [0.2, 0.25) is 0 Å². The fourth-order valence-corrected chi connectivity index (χ4v) is 2.53. The van der Waals surface area contributed by atoms with E-state index in [1.165, 1.54) is 0 Å². The summed E-state index contributed by atoms with van der Waals surface area (Å²) in [5, 5.41) is 9.48. The SMILES string of the molecule is Cc1[nH]cnc1C1(C(=O)O)CCC(N)CC1. The van der Waals surface area contributed by atoms with Crippen molar-refractivity contribution in [1.29, 1.82) is 0 Å². The molecule has 2 rings (SSSR count). The van der Waals surface area contributed by atoms with Crippen LogP contribution in [-0.2, 0) is 10.2 Å². The first-order valence-corrected chi connectivity index (χ1v) is 5.56. The lowest BCUT2D eigenvalue weighted by molar-refractivity contribution is -0.145. The molecule has 1 saturated carbocycles. The highest BCUT2D eigenvalue weighted by Crippen LogP contribution is 2.39. The zero-order valence-electron chi connectivity index (χ0n) is 9.36. The number of aliphatic carboxylic acids is 1. The third-order valence-corrected chi connectivity index (χ3v) is 3.58. The molecule has 0 atom stereocenters. The second kappa shape index (κ2) is 3.90. The number of H-pyrrole nitrogens is 1. The minimum Gasteiger partial charge on any atom is -0.481 e. The maximum absolute atomic E-state index is 11.5. The Hall–Kier alpha value is -1.36. The quantitative estimate of drug-likeness (QED) is 0.695. The van der Waals surface area contributed by atoms with Crippen LogP contribution in [0.1, 0.15) is 37.1 Å². The zero-order valence-corrected chi connectivity index (χ0v) is 9.36. The van der Waals surface area contributed by atoms with Gasteiger partial charge in [0.2, 0.25) is 0 Å². The van der Waals surface area contributed by atoms with Gasteiger partial charge in [-0.25, -0.2) is 4.98 Å². The first kappa shape index (κ1) is 11.1. The third kappa shape index (κ3) is 1.61. The summed E-state index contributed by atoms with van der Waals surface area (Å²) in [4.78, 5) is 18.7. The van der Waals surface area contributed by atoms with Gasteiger partial charge in [-0.15, -0.1) is 0 Å². The molecule has 88 valence electrons. The van der Waals surface area contributed by atoms with Crippen molar-refractivity contribution < 1.29 is 9.90 Å². The van der Waals surface area contributed by atoms with Gasteiger partial charge in [-0.2, -0.15) is 0 Å². The van der Waals surface area contributed by atoms with Gasteiger partial charge in [0, 0.05) is 11.7 Å². The molecule has 0 amide bonds. The summed E-state index contributed by atoms with van der Waals surface area (Å²) in [6, 6.07) is 0.131. The molecule has 5 heteroatoms. The molecule has 4 N–H and O–H groups in total. The lowest BCUT2D eigenvalue weighted by Crippen LogP contribution is -2.43. The van der Waals surface area contributed by atoms with E-state index in [4.69, 9.17) is 5.73 Å². The summed E-state index contributed by atoms with van der Waals surface area (Å²) in [5.41, 5.74) is 6.51. The molecular formula is C11H17N3O2. The number of rotatable bonds is 2. The van der Waals surface area contributed by atoms with Crippen molar-refractivity contribution in [3.8, 4) is 0 Å². The van der Waals surface area contributed by atoms with Gasteiger partial charge < -0.3 is 15.8 Å². The van der Waals surface area contributed by atoms with Gasteiger partial charge in [0.05, 0.1) is 12.0 Å². The summed E-state index contributed by atoms with van der Waals surface area (Å²) in [5.74, 6) is -0.783. The predicted octanol–water partition coefficient (Wildman–Crippen LogP) is 0.942. The van der Waals surface area contributed by atoms with Crippen LogP contribution in [0.15, 0.2) is 6.33 Å². The number of carboxylic acid groups (broad SMARTS) is 1. The molecule has 1 aromatic heterocycles. The minimum absolute atomic E-state index is 0.131. The van der Waals surface area contributed by atoms with Crippen LogP contribution in [-0.4, -0.2) is 27.1 Å². The van der Waals surface area contributed by atoms with Crippen LogP contribution in [0.3, 0.4) is 0 Å². The lowest BCUT2D eigenvalue weighted by atomic mass is 9.70. The van der Waals surface area contributed by atoms with Crippen molar-refractivity contribution >= 4 is 5.97 Å². The number of nitrogens with zero attached hydrogens (tertiary/aromatic N) is 1. The number of aromatic amines is 1. The molecule has 0 saturated heterocycles. The molecule has 1 aliphatic carbocycles. The van der Waals surface area contributed by atoms with Crippen LogP contribution >= 0.6 is 0 Å².